The predicted octanol–water partition coefficient (Wildman–Crippen LogP) is 5.60. The van der Waals surface area contributed by atoms with Crippen LogP contribution in [-0.2, 0) is 39.8 Å². The second-order valence-corrected chi connectivity index (χ2v) is 24.6. The monoisotopic (exact) mass is 834 g/mol. The Kier molecular flexibility index (Phi) is 22.4. The molecule has 0 N–H and O–H groups in total. The summed E-state index contributed by atoms with van der Waals surface area (Å²) in [5, 5.41) is 5.58. The summed E-state index contributed by atoms with van der Waals surface area (Å²) in [5.41, 5.74) is 0. The number of benzene rings is 5. The predicted molar refractivity (Wildman–Crippen MR) is 237 cm³/mol. The molecule has 304 valence electrons. The van der Waals surface area contributed by atoms with Crippen molar-refractivity contribution in [1.82, 2.24) is 0 Å². The molecule has 5 aromatic carbocycles. The van der Waals surface area contributed by atoms with Gasteiger partial charge in [0.25, 0.3) is 0 Å². The zero-order valence-electron chi connectivity index (χ0n) is 35.0. The van der Waals surface area contributed by atoms with E-state index < -0.39 is 34.5 Å². The van der Waals surface area contributed by atoms with Gasteiger partial charge in [0, 0.05) is 68.2 Å². The highest BCUT2D eigenvalue weighted by Gasteiger charge is 2.41. The summed E-state index contributed by atoms with van der Waals surface area (Å²) in [4.78, 5) is 0. The van der Waals surface area contributed by atoms with E-state index in [9.17, 15) is 0 Å². The Balaban J connectivity index is 0.000000260. The van der Waals surface area contributed by atoms with Gasteiger partial charge in [-0.05, 0) is 47.7 Å². The highest BCUT2D eigenvalue weighted by atomic mass is 28.4. The Morgan fingerprint density at radius 1 is 0.321 bits per heavy atom. The lowest BCUT2D eigenvalue weighted by molar-refractivity contribution is 0.140. The number of hydrogen-bond acceptors (Lipinski definition) is 9. The molecular weight excluding hydrogens is 773 g/mol. The lowest BCUT2D eigenvalue weighted by atomic mass is 10.4. The van der Waals surface area contributed by atoms with Crippen LogP contribution in [0, 0.1) is 0 Å². The second-order valence-electron chi connectivity index (χ2n) is 12.2. The highest BCUT2D eigenvalue weighted by molar-refractivity contribution is 6.92. The van der Waals surface area contributed by atoms with Crippen molar-refractivity contribution in [3.63, 3.8) is 0 Å². The summed E-state index contributed by atoms with van der Waals surface area (Å²) in [7, 11) is 2.35. The third-order valence-electron chi connectivity index (χ3n) is 9.03. The molecule has 0 spiro atoms. The minimum absolute atomic E-state index is 0.706. The molecule has 56 heavy (non-hydrogen) atoms. The molecule has 0 atom stereocenters. The maximum Gasteiger partial charge on any atom is 0.536 e. The van der Waals surface area contributed by atoms with Gasteiger partial charge in [0.1, 0.15) is 0 Å². The molecule has 0 radical (unpaired) electrons. The minimum Gasteiger partial charge on any atom is -0.394 e. The third-order valence-corrected chi connectivity index (χ3v) is 21.0. The van der Waals surface area contributed by atoms with Crippen LogP contribution in [0.5, 0.6) is 0 Å². The summed E-state index contributed by atoms with van der Waals surface area (Å²) in [6.45, 7) is 9.55. The number of hydrogen-bond donors (Lipinski definition) is 0. The maximum atomic E-state index is 5.78. The van der Waals surface area contributed by atoms with Crippen molar-refractivity contribution in [2.24, 2.45) is 0 Å². The quantitative estimate of drug-likeness (QED) is 0.118. The largest absolute Gasteiger partial charge is 0.536 e. The van der Waals surface area contributed by atoms with Crippen molar-refractivity contribution in [2.75, 3.05) is 63.0 Å². The van der Waals surface area contributed by atoms with Gasteiger partial charge in [-0.2, -0.15) is 0 Å². The molecule has 13 heteroatoms. The fraction of sp³-hybridized carbons (Fsp3) is 0.302. The minimum atomic E-state index is -2.59. The molecule has 0 heterocycles. The first-order valence-corrected chi connectivity index (χ1v) is 26.7. The SMILES string of the molecule is CCO[Si](C)(OCC)c1ccccc1.CO[Si](C)(OC)c1ccccc1.CO[Si](OC)(OC)c1ccccc1.CO[Si](OC)(c1ccccc1)c1ccccc1. The van der Waals surface area contributed by atoms with Crippen molar-refractivity contribution in [2.45, 2.75) is 26.9 Å². The molecule has 0 aliphatic heterocycles. The van der Waals surface area contributed by atoms with E-state index in [1.807, 2.05) is 136 Å². The first-order valence-electron chi connectivity index (χ1n) is 18.5. The molecule has 5 aromatic rings. The second kappa shape index (κ2) is 25.8. The van der Waals surface area contributed by atoms with E-state index >= 15 is 0 Å². The van der Waals surface area contributed by atoms with Crippen LogP contribution >= 0.6 is 0 Å². The first-order chi connectivity index (χ1) is 27.1. The Hall–Kier alpha value is -3.39. The molecule has 0 aliphatic rings. The van der Waals surface area contributed by atoms with Crippen LogP contribution in [0.3, 0.4) is 0 Å². The van der Waals surface area contributed by atoms with Crippen LogP contribution in [0.2, 0.25) is 13.1 Å². The van der Waals surface area contributed by atoms with Gasteiger partial charge in [-0.3, -0.25) is 0 Å². The summed E-state index contributed by atoms with van der Waals surface area (Å²) in [6, 6.07) is 50.3. The Labute approximate surface area is 340 Å². The zero-order chi connectivity index (χ0) is 41.3. The van der Waals surface area contributed by atoms with E-state index in [1.54, 1.807) is 49.8 Å². The molecule has 0 saturated heterocycles. The van der Waals surface area contributed by atoms with Crippen LogP contribution < -0.4 is 25.9 Å². The zero-order valence-corrected chi connectivity index (χ0v) is 39.0. The van der Waals surface area contributed by atoms with E-state index in [0.717, 1.165) is 20.7 Å². The van der Waals surface area contributed by atoms with Crippen LogP contribution in [0.4, 0.5) is 0 Å². The molecule has 0 bridgehead atoms. The van der Waals surface area contributed by atoms with E-state index in [2.05, 4.69) is 42.9 Å². The molecule has 0 saturated carbocycles. The third kappa shape index (κ3) is 13.6. The average molecular weight is 835 g/mol. The van der Waals surface area contributed by atoms with Crippen molar-refractivity contribution in [3.8, 4) is 0 Å². The van der Waals surface area contributed by atoms with Crippen molar-refractivity contribution in [1.29, 1.82) is 0 Å². The Morgan fingerprint density at radius 3 is 0.839 bits per heavy atom. The van der Waals surface area contributed by atoms with Crippen molar-refractivity contribution in [3.05, 3.63) is 152 Å². The molecule has 0 aliphatic carbocycles. The molecule has 0 fully saturated rings. The van der Waals surface area contributed by atoms with E-state index in [-0.39, 0.29) is 0 Å². The molecule has 0 aromatic heterocycles. The van der Waals surface area contributed by atoms with Gasteiger partial charge in [-0.1, -0.05) is 152 Å². The number of rotatable bonds is 16. The van der Waals surface area contributed by atoms with Crippen LogP contribution in [0.25, 0.3) is 0 Å². The lowest BCUT2D eigenvalue weighted by Crippen LogP contribution is -2.62. The van der Waals surface area contributed by atoms with Crippen molar-refractivity contribution < 1.29 is 39.8 Å². The van der Waals surface area contributed by atoms with E-state index in [4.69, 9.17) is 39.8 Å². The highest BCUT2D eigenvalue weighted by Crippen LogP contribution is 2.09. The van der Waals surface area contributed by atoms with Gasteiger partial charge < -0.3 is 39.8 Å². The Bertz CT molecular complexity index is 1640. The maximum absolute atomic E-state index is 5.78. The standard InChI is InChI=1S/C14H16O2Si.C11H18O2Si.C9H14O3Si.C9H14O2Si/c1-15-17(16-2,13-9-5-3-6-10-13)14-11-7-4-8-12-14;1-4-12-14(3,13-5-2)11-9-7-6-8-10-11;1-10-13(11-2,12-3)9-7-5-4-6-8-9;1-10-12(3,11-2)9-7-5-4-6-8-9/h3-12H,1-2H3;6-10H,4-5H2,1-3H3;4-8H,1-3H3;4-8H,1-3H3. The van der Waals surface area contributed by atoms with Gasteiger partial charge in [-0.25, -0.2) is 0 Å². The van der Waals surface area contributed by atoms with Gasteiger partial charge in [0.15, 0.2) is 0 Å². The van der Waals surface area contributed by atoms with Gasteiger partial charge in [0.2, 0.25) is 0 Å². The van der Waals surface area contributed by atoms with Crippen LogP contribution in [-0.4, -0.2) is 97.5 Å². The van der Waals surface area contributed by atoms with Crippen LogP contribution in [0.15, 0.2) is 152 Å². The fourth-order valence-electron chi connectivity index (χ4n) is 5.84. The first kappa shape index (κ1) is 48.8. The molecule has 0 unspecified atom stereocenters. The van der Waals surface area contributed by atoms with E-state index in [0.29, 0.717) is 13.2 Å². The Morgan fingerprint density at radius 2 is 0.589 bits per heavy atom. The van der Waals surface area contributed by atoms with Crippen LogP contribution in [0.1, 0.15) is 13.8 Å². The summed E-state index contributed by atoms with van der Waals surface area (Å²) < 4.78 is 49.8. The molecule has 5 rings (SSSR count). The van der Waals surface area contributed by atoms with Gasteiger partial charge >= 0.3 is 34.5 Å². The van der Waals surface area contributed by atoms with Gasteiger partial charge in [0.05, 0.1) is 0 Å². The topological polar surface area (TPSA) is 83.1 Å². The van der Waals surface area contributed by atoms with Gasteiger partial charge in [-0.15, -0.1) is 0 Å². The average Bonchev–Trinajstić information content (AvgIpc) is 3.27. The molecular formula is C43H62O9Si4. The summed E-state index contributed by atoms with van der Waals surface area (Å²) in [5.74, 6) is 0. The molecule has 0 amide bonds. The fourth-order valence-corrected chi connectivity index (χ4v) is 14.1. The van der Waals surface area contributed by atoms with Crippen molar-refractivity contribution >= 4 is 60.4 Å². The normalized spacial score (nSPS) is 11.6. The molecule has 9 nitrogen and oxygen atoms in total. The summed E-state index contributed by atoms with van der Waals surface area (Å²) >= 11 is 0. The summed E-state index contributed by atoms with van der Waals surface area (Å²) in [6.07, 6.45) is 0. The van der Waals surface area contributed by atoms with E-state index in [1.165, 1.54) is 5.19 Å². The lowest BCUT2D eigenvalue weighted by Gasteiger charge is -2.27. The smallest absolute Gasteiger partial charge is 0.394 e.